The predicted octanol–water partition coefficient (Wildman–Crippen LogP) is 2.75. The molecule has 0 fully saturated rings. The van der Waals surface area contributed by atoms with Gasteiger partial charge >= 0.3 is 103 Å². The van der Waals surface area contributed by atoms with Crippen molar-refractivity contribution in [3.8, 4) is 0 Å². The SMILES string of the molecule is CCP(C)(O)(c1ccccc1)c1ccccc1. The average Bonchev–Trinajstić information content (AvgIpc) is 2.41. The maximum atomic E-state index is 11.4. The molecule has 0 aliphatic heterocycles. The van der Waals surface area contributed by atoms with Gasteiger partial charge in [-0.05, 0) is 0 Å². The second kappa shape index (κ2) is 4.25. The summed E-state index contributed by atoms with van der Waals surface area (Å²) in [5.74, 6) is 0. The summed E-state index contributed by atoms with van der Waals surface area (Å²) in [6.45, 7) is 1.13. The van der Waals surface area contributed by atoms with Crippen LogP contribution in [0.3, 0.4) is 0 Å². The fourth-order valence-electron chi connectivity index (χ4n) is 2.16. The van der Waals surface area contributed by atoms with Crippen LogP contribution in [-0.2, 0) is 0 Å². The molecule has 0 radical (unpaired) electrons. The minimum atomic E-state index is -2.96. The van der Waals surface area contributed by atoms with Crippen molar-refractivity contribution in [2.45, 2.75) is 6.92 Å². The maximum absolute atomic E-state index is 11.4. The van der Waals surface area contributed by atoms with Crippen molar-refractivity contribution in [1.29, 1.82) is 0 Å². The third-order valence-corrected chi connectivity index (χ3v) is 8.54. The van der Waals surface area contributed by atoms with E-state index in [0.29, 0.717) is 0 Å². The number of benzene rings is 2. The first kappa shape index (κ1) is 12.3. The first-order valence-corrected chi connectivity index (χ1v) is 8.76. The van der Waals surface area contributed by atoms with E-state index in [1.54, 1.807) is 0 Å². The van der Waals surface area contributed by atoms with Crippen molar-refractivity contribution in [2.24, 2.45) is 0 Å². The van der Waals surface area contributed by atoms with Crippen LogP contribution >= 0.6 is 6.83 Å². The van der Waals surface area contributed by atoms with Crippen LogP contribution in [-0.4, -0.2) is 17.7 Å². The van der Waals surface area contributed by atoms with E-state index in [4.69, 9.17) is 0 Å². The molecule has 0 aliphatic carbocycles. The van der Waals surface area contributed by atoms with Gasteiger partial charge in [0.05, 0.1) is 0 Å². The van der Waals surface area contributed by atoms with Gasteiger partial charge < -0.3 is 0 Å². The topological polar surface area (TPSA) is 20.2 Å². The van der Waals surface area contributed by atoms with Gasteiger partial charge in [0.2, 0.25) is 0 Å². The van der Waals surface area contributed by atoms with Gasteiger partial charge in [0, 0.05) is 0 Å². The zero-order valence-electron chi connectivity index (χ0n) is 10.4. The van der Waals surface area contributed by atoms with Crippen LogP contribution in [0.15, 0.2) is 60.7 Å². The Bertz CT molecular complexity index is 447. The van der Waals surface area contributed by atoms with Gasteiger partial charge in [0.1, 0.15) is 0 Å². The van der Waals surface area contributed by atoms with Gasteiger partial charge in [0.15, 0.2) is 0 Å². The Morgan fingerprint density at radius 3 is 1.47 bits per heavy atom. The van der Waals surface area contributed by atoms with Crippen LogP contribution in [0.2, 0.25) is 0 Å². The molecule has 2 aromatic rings. The van der Waals surface area contributed by atoms with E-state index in [2.05, 4.69) is 6.92 Å². The Balaban J connectivity index is 2.65. The fourth-order valence-corrected chi connectivity index (χ4v) is 5.12. The zero-order valence-corrected chi connectivity index (χ0v) is 11.3. The van der Waals surface area contributed by atoms with E-state index in [0.717, 1.165) is 16.8 Å². The third-order valence-electron chi connectivity index (χ3n) is 3.66. The molecule has 0 aliphatic rings. The summed E-state index contributed by atoms with van der Waals surface area (Å²) in [5, 5.41) is 2.12. The van der Waals surface area contributed by atoms with Crippen molar-refractivity contribution in [1.82, 2.24) is 0 Å². The van der Waals surface area contributed by atoms with Crippen LogP contribution in [0.4, 0.5) is 0 Å². The number of hydrogen-bond acceptors (Lipinski definition) is 1. The van der Waals surface area contributed by atoms with Crippen LogP contribution in [0, 0.1) is 0 Å². The molecular weight excluding hydrogens is 227 g/mol. The van der Waals surface area contributed by atoms with E-state index in [-0.39, 0.29) is 0 Å². The summed E-state index contributed by atoms with van der Waals surface area (Å²) in [7, 11) is 0. The Hall–Kier alpha value is -1.17. The van der Waals surface area contributed by atoms with E-state index in [1.807, 2.05) is 67.3 Å². The Labute approximate surface area is 103 Å². The molecule has 2 heteroatoms. The first-order chi connectivity index (χ1) is 8.07. The summed E-state index contributed by atoms with van der Waals surface area (Å²) in [4.78, 5) is 11.4. The zero-order chi connectivity index (χ0) is 12.4. The molecule has 0 unspecified atom stereocenters. The van der Waals surface area contributed by atoms with E-state index < -0.39 is 6.83 Å². The average molecular weight is 246 g/mol. The molecule has 2 aromatic carbocycles. The van der Waals surface area contributed by atoms with E-state index in [9.17, 15) is 4.89 Å². The molecular formula is C15H19OP. The molecule has 90 valence electrons. The molecule has 17 heavy (non-hydrogen) atoms. The molecule has 0 saturated carbocycles. The van der Waals surface area contributed by atoms with Gasteiger partial charge in [0.25, 0.3) is 0 Å². The standard InChI is InChI=1S/C15H19OP/c1-3-17(2,16,14-10-6-4-7-11-14)15-12-8-5-9-13-15/h4-13,16H,3H2,1-2H3. The molecule has 2 rings (SSSR count). The molecule has 0 bridgehead atoms. The second-order valence-electron chi connectivity index (χ2n) is 4.72. The summed E-state index contributed by atoms with van der Waals surface area (Å²) in [5.41, 5.74) is 0. The van der Waals surface area contributed by atoms with Crippen LogP contribution in [0.5, 0.6) is 0 Å². The van der Waals surface area contributed by atoms with Gasteiger partial charge in [-0.25, -0.2) is 0 Å². The first-order valence-electron chi connectivity index (χ1n) is 5.94. The van der Waals surface area contributed by atoms with Crippen molar-refractivity contribution < 1.29 is 4.89 Å². The Kier molecular flexibility index (Phi) is 3.07. The third kappa shape index (κ3) is 2.01. The molecule has 0 amide bonds. The monoisotopic (exact) mass is 246 g/mol. The van der Waals surface area contributed by atoms with Gasteiger partial charge in [-0.15, -0.1) is 0 Å². The van der Waals surface area contributed by atoms with Crippen molar-refractivity contribution in [2.75, 3.05) is 12.8 Å². The second-order valence-corrected chi connectivity index (χ2v) is 9.85. The number of hydrogen-bond donors (Lipinski definition) is 1. The molecule has 1 N–H and O–H groups in total. The Morgan fingerprint density at radius 1 is 0.824 bits per heavy atom. The summed E-state index contributed by atoms with van der Waals surface area (Å²) < 4.78 is 0. The molecule has 0 heterocycles. The van der Waals surface area contributed by atoms with Crippen molar-refractivity contribution in [3.63, 3.8) is 0 Å². The molecule has 0 atom stereocenters. The van der Waals surface area contributed by atoms with E-state index >= 15 is 0 Å². The molecule has 0 aromatic heterocycles. The minimum absolute atomic E-state index is 0.764. The molecule has 1 nitrogen and oxygen atoms in total. The quantitative estimate of drug-likeness (QED) is 0.826. The Morgan fingerprint density at radius 2 is 1.18 bits per heavy atom. The summed E-state index contributed by atoms with van der Waals surface area (Å²) in [6.07, 6.45) is 0.764. The van der Waals surface area contributed by atoms with Crippen LogP contribution in [0.1, 0.15) is 6.92 Å². The van der Waals surface area contributed by atoms with Crippen LogP contribution in [0.25, 0.3) is 0 Å². The van der Waals surface area contributed by atoms with Gasteiger partial charge in [-0.2, -0.15) is 0 Å². The van der Waals surface area contributed by atoms with Gasteiger partial charge in [-0.1, -0.05) is 0 Å². The van der Waals surface area contributed by atoms with Gasteiger partial charge in [-0.3, -0.25) is 0 Å². The normalized spacial score (nSPS) is 13.9. The van der Waals surface area contributed by atoms with E-state index in [1.165, 1.54) is 0 Å². The molecule has 0 saturated heterocycles. The van der Waals surface area contributed by atoms with Crippen molar-refractivity contribution in [3.05, 3.63) is 60.7 Å². The fraction of sp³-hybridized carbons (Fsp3) is 0.200. The summed E-state index contributed by atoms with van der Waals surface area (Å²) in [6, 6.07) is 20.1. The summed E-state index contributed by atoms with van der Waals surface area (Å²) >= 11 is 0. The molecule has 0 spiro atoms. The number of rotatable bonds is 3. The van der Waals surface area contributed by atoms with Crippen molar-refractivity contribution >= 4 is 17.4 Å². The van der Waals surface area contributed by atoms with Crippen LogP contribution < -0.4 is 10.6 Å². The predicted molar refractivity (Wildman–Crippen MR) is 77.8 cm³/mol.